The fourth-order valence-corrected chi connectivity index (χ4v) is 13.4. The molecule has 0 bridgehead atoms. The van der Waals surface area contributed by atoms with E-state index in [-0.39, 0.29) is 44.2 Å². The monoisotopic (exact) mass is 1200 g/mol. The second-order valence-corrected chi connectivity index (χ2v) is 33.2. The van der Waals surface area contributed by atoms with Gasteiger partial charge in [0.15, 0.2) is 26.5 Å². The van der Waals surface area contributed by atoms with Crippen molar-refractivity contribution in [2.75, 3.05) is 6.54 Å². The normalized spacial score (nSPS) is 25.9. The molecule has 0 N–H and O–H groups in total. The van der Waals surface area contributed by atoms with Crippen LogP contribution in [0.15, 0.2) is 121 Å². The molecule has 9 rings (SSSR count). The zero-order chi connectivity index (χ0) is 62.0. The predicted octanol–water partition coefficient (Wildman–Crippen LogP) is 13.8. The van der Waals surface area contributed by atoms with Crippen molar-refractivity contribution in [1.82, 2.24) is 19.6 Å². The van der Waals surface area contributed by atoms with E-state index in [9.17, 15) is 4.79 Å². The Balaban J connectivity index is 1.27. The molecule has 3 heterocycles. The summed E-state index contributed by atoms with van der Waals surface area (Å²) in [6.07, 6.45) is -5.81. The van der Waals surface area contributed by atoms with Crippen LogP contribution in [0.5, 0.6) is 0 Å². The number of benzene rings is 4. The number of hydrogen-bond acceptors (Lipinski definition) is 13. The van der Waals surface area contributed by atoms with Gasteiger partial charge in [0.2, 0.25) is 0 Å². The van der Waals surface area contributed by atoms with Crippen molar-refractivity contribution in [3.05, 3.63) is 144 Å². The van der Waals surface area contributed by atoms with Crippen LogP contribution in [0.2, 0.25) is 18.1 Å². The largest absolute Gasteiger partial charge is 0.444 e. The number of rotatable bonds is 15. The lowest BCUT2D eigenvalue weighted by Crippen LogP contribution is -2.73. The van der Waals surface area contributed by atoms with Crippen LogP contribution >= 0.6 is 0 Å². The van der Waals surface area contributed by atoms with Crippen molar-refractivity contribution in [2.45, 2.75) is 250 Å². The SMILES string of the molecule is CC(C)(C)OC(=O)N(Cc1ccccc1)[C@H]1[C@@H](O[C@H]2[C@@H]3OC4(CCCCC4)O[C@H]3[C@H](N(Cc3ccccc3)C(=O)OC(C)(C)C)C[C@@H]2N(Cc2ccccc2)C(=O)OC(C)(C)C)O[C@@H]2CN(Cc3ccccc3)C(=O)O[C@H]2[C@@H]1O[Si](C)(C)C(C)(C)C. The van der Waals surface area contributed by atoms with Gasteiger partial charge in [-0.3, -0.25) is 14.7 Å². The summed E-state index contributed by atoms with van der Waals surface area (Å²) < 4.78 is 64.0. The Kier molecular flexibility index (Phi) is 19.5. The summed E-state index contributed by atoms with van der Waals surface area (Å²) in [5.74, 6) is -1.08. The van der Waals surface area contributed by atoms with Crippen molar-refractivity contribution in [3.63, 3.8) is 0 Å². The van der Waals surface area contributed by atoms with E-state index in [2.05, 4.69) is 33.9 Å². The van der Waals surface area contributed by atoms with Crippen molar-refractivity contribution in [3.8, 4) is 0 Å². The summed E-state index contributed by atoms with van der Waals surface area (Å²) in [5.41, 5.74) is 0.573. The summed E-state index contributed by atoms with van der Waals surface area (Å²) in [5, 5.41) is -0.374. The lowest BCUT2D eigenvalue weighted by molar-refractivity contribution is -0.314. The Morgan fingerprint density at radius 3 is 1.45 bits per heavy atom. The van der Waals surface area contributed by atoms with Crippen molar-refractivity contribution in [1.29, 1.82) is 0 Å². The van der Waals surface area contributed by atoms with Gasteiger partial charge < -0.3 is 47.2 Å². The Morgan fingerprint density at radius 2 is 0.988 bits per heavy atom. The molecule has 86 heavy (non-hydrogen) atoms. The molecule has 2 saturated carbocycles. The van der Waals surface area contributed by atoms with Crippen LogP contribution in [0, 0.1) is 0 Å². The van der Waals surface area contributed by atoms with Gasteiger partial charge in [0, 0.05) is 39.0 Å². The van der Waals surface area contributed by atoms with E-state index in [0.717, 1.165) is 41.5 Å². The summed E-state index contributed by atoms with van der Waals surface area (Å²) in [7, 11) is -2.91. The Bertz CT molecular complexity index is 2910. The molecule has 0 radical (unpaired) electrons. The highest BCUT2D eigenvalue weighted by Crippen LogP contribution is 2.50. The highest BCUT2D eigenvalue weighted by molar-refractivity contribution is 6.74. The first-order valence-corrected chi connectivity index (χ1v) is 33.8. The fraction of sp³-hybridized carbons (Fsp3) is 0.588. The molecule has 5 aliphatic rings. The minimum atomic E-state index is -2.91. The second-order valence-electron chi connectivity index (χ2n) is 28.5. The standard InChI is InChI=1S/C68H94N4O13Si/c1-64(2,3)82-61(74)70(42-47-32-22-16-23-33-47)50-40-51(71(62(75)83-65(4,5)6)43-48-34-24-17-25-35-48)55-58(81-68(80-55)38-28-19-29-39-68)54(50)78-59-53(72(63(76)84-66(7,8)9)44-49-36-26-18-27-37-49)57(85-86(13,14)67(10,11)12)56-52(77-59)45-69(60(73)79-56)41-46-30-20-15-21-31-46/h15-18,20-27,30-37,50-59H,19,28-29,38-45H2,1-14H3/t50-,51+,52+,53+,54+,55-,56+,57+,58-,59+/m0/s1. The van der Waals surface area contributed by atoms with E-state index in [1.165, 1.54) is 0 Å². The maximum atomic E-state index is 15.6. The van der Waals surface area contributed by atoms with E-state index in [0.29, 0.717) is 12.8 Å². The molecule has 3 aliphatic heterocycles. The van der Waals surface area contributed by atoms with Gasteiger partial charge in [0.05, 0.1) is 18.6 Å². The van der Waals surface area contributed by atoms with E-state index in [4.69, 9.17) is 42.3 Å². The van der Waals surface area contributed by atoms with Crippen molar-refractivity contribution >= 4 is 32.7 Å². The zero-order valence-electron chi connectivity index (χ0n) is 53.2. The van der Waals surface area contributed by atoms with Gasteiger partial charge in [0.25, 0.3) is 0 Å². The number of ether oxygens (including phenoxy) is 8. The third kappa shape index (κ3) is 15.8. The number of amides is 4. The molecular weight excluding hydrogens is 1110 g/mol. The minimum Gasteiger partial charge on any atom is -0.444 e. The number of nitrogens with zero attached hydrogens (tertiary/aromatic N) is 4. The molecule has 10 atom stereocenters. The van der Waals surface area contributed by atoms with Gasteiger partial charge in [-0.1, -0.05) is 149 Å². The molecule has 4 aromatic carbocycles. The van der Waals surface area contributed by atoms with Gasteiger partial charge >= 0.3 is 24.4 Å². The molecule has 4 amide bonds. The molecule has 0 aromatic heterocycles. The lowest BCUT2D eigenvalue weighted by Gasteiger charge is -2.56. The average molecular weight is 1200 g/mol. The Hall–Kier alpha value is -6.02. The number of carbonyl (C=O) groups is 4. The van der Waals surface area contributed by atoms with Crippen molar-refractivity contribution < 1.29 is 61.5 Å². The van der Waals surface area contributed by atoms with E-state index >= 15 is 14.4 Å². The smallest absolute Gasteiger partial charge is 0.411 e. The van der Waals surface area contributed by atoms with Gasteiger partial charge in [-0.2, -0.15) is 0 Å². The van der Waals surface area contributed by atoms with E-state index in [1.807, 2.05) is 184 Å². The maximum absolute atomic E-state index is 15.6. The molecule has 468 valence electrons. The molecule has 3 saturated heterocycles. The van der Waals surface area contributed by atoms with E-state index < -0.39 is 116 Å². The van der Waals surface area contributed by atoms with Gasteiger partial charge in [-0.15, -0.1) is 0 Å². The highest BCUT2D eigenvalue weighted by Gasteiger charge is 2.64. The number of fused-ring (bicyclic) bond motifs is 2. The van der Waals surface area contributed by atoms with Gasteiger partial charge in [-0.05, 0) is 122 Å². The minimum absolute atomic E-state index is 0.0137. The lowest BCUT2D eigenvalue weighted by atomic mass is 9.81. The van der Waals surface area contributed by atoms with Crippen LogP contribution in [0.4, 0.5) is 19.2 Å². The quantitative estimate of drug-likeness (QED) is 0.0816. The summed E-state index contributed by atoms with van der Waals surface area (Å²) >= 11 is 0. The molecule has 4 aromatic rings. The second kappa shape index (κ2) is 26.0. The van der Waals surface area contributed by atoms with Crippen molar-refractivity contribution in [2.24, 2.45) is 0 Å². The Morgan fingerprint density at radius 1 is 0.558 bits per heavy atom. The molecule has 1 spiro atoms. The summed E-state index contributed by atoms with van der Waals surface area (Å²) in [6.45, 7) is 27.7. The van der Waals surface area contributed by atoms with Crippen LogP contribution in [0.3, 0.4) is 0 Å². The van der Waals surface area contributed by atoms with Crippen LogP contribution in [-0.2, 0) is 68.5 Å². The fourth-order valence-electron chi connectivity index (χ4n) is 12.1. The zero-order valence-corrected chi connectivity index (χ0v) is 54.2. The molecule has 0 unspecified atom stereocenters. The predicted molar refractivity (Wildman–Crippen MR) is 329 cm³/mol. The topological polar surface area (TPSA) is 164 Å². The third-order valence-electron chi connectivity index (χ3n) is 17.1. The van der Waals surface area contributed by atoms with Gasteiger partial charge in [-0.25, -0.2) is 19.2 Å². The molecule has 18 heteroatoms. The first-order valence-electron chi connectivity index (χ1n) is 30.9. The highest BCUT2D eigenvalue weighted by atomic mass is 28.4. The number of carbonyl (C=O) groups excluding carboxylic acids is 4. The molecular formula is C68H94N4O13Si. The molecule has 17 nitrogen and oxygen atoms in total. The average Bonchev–Trinajstić information content (AvgIpc) is 1.62. The molecule has 5 fully saturated rings. The number of hydrogen-bond donors (Lipinski definition) is 0. The molecule has 2 aliphatic carbocycles. The third-order valence-corrected chi connectivity index (χ3v) is 21.6. The van der Waals surface area contributed by atoms with E-state index in [1.54, 1.807) is 19.6 Å². The summed E-state index contributed by atoms with van der Waals surface area (Å²) in [4.78, 5) is 67.7. The van der Waals surface area contributed by atoms with Crippen LogP contribution < -0.4 is 0 Å². The first-order chi connectivity index (χ1) is 40.5. The summed E-state index contributed by atoms with van der Waals surface area (Å²) in [6, 6.07) is 35.9. The maximum Gasteiger partial charge on any atom is 0.411 e. The Labute approximate surface area is 511 Å². The van der Waals surface area contributed by atoms with Crippen LogP contribution in [0.25, 0.3) is 0 Å². The van der Waals surface area contributed by atoms with Crippen LogP contribution in [-0.4, -0.2) is 142 Å². The van der Waals surface area contributed by atoms with Gasteiger partial charge in [0.1, 0.15) is 53.4 Å². The van der Waals surface area contributed by atoms with Crippen LogP contribution in [0.1, 0.15) is 144 Å². The first kappa shape index (κ1) is 64.5.